The number of nitriles is 1. The Bertz CT molecular complexity index is 1030. The standard InChI is InChI=1S/C16H15N5O2/c1-19-14-13(15(22)20(2)16(19)23)21(12(18-14)8-9-17)10-11-6-4-3-5-7-11/h3-7H,8,10H2,1-2H3. The Hall–Kier alpha value is -3.14. The maximum absolute atomic E-state index is 12.5. The third kappa shape index (κ3) is 2.34. The van der Waals surface area contributed by atoms with Gasteiger partial charge in [-0.2, -0.15) is 5.26 Å². The summed E-state index contributed by atoms with van der Waals surface area (Å²) in [5.74, 6) is 0.477. The SMILES string of the molecule is Cn1c(=O)c2c(nc(CC#N)n2Cc2ccccc2)n(C)c1=O. The van der Waals surface area contributed by atoms with Crippen LogP contribution in [0, 0.1) is 11.3 Å². The molecule has 0 atom stereocenters. The maximum atomic E-state index is 12.5. The molecule has 2 aromatic heterocycles. The van der Waals surface area contributed by atoms with E-state index in [1.165, 1.54) is 11.6 Å². The Labute approximate surface area is 131 Å². The summed E-state index contributed by atoms with van der Waals surface area (Å²) in [6, 6.07) is 11.7. The molecule has 0 unspecified atom stereocenters. The first-order chi connectivity index (χ1) is 11.0. The molecule has 0 saturated heterocycles. The lowest BCUT2D eigenvalue weighted by molar-refractivity contribution is 0.701. The van der Waals surface area contributed by atoms with Crippen LogP contribution in [0.4, 0.5) is 0 Å². The lowest BCUT2D eigenvalue weighted by atomic mass is 10.2. The summed E-state index contributed by atoms with van der Waals surface area (Å²) in [6.45, 7) is 0.418. The van der Waals surface area contributed by atoms with Crippen molar-refractivity contribution in [1.82, 2.24) is 18.7 Å². The smallest absolute Gasteiger partial charge is 0.317 e. The predicted molar refractivity (Wildman–Crippen MR) is 85.1 cm³/mol. The first kappa shape index (κ1) is 14.8. The molecule has 0 aliphatic carbocycles. The van der Waals surface area contributed by atoms with Gasteiger partial charge >= 0.3 is 5.69 Å². The molecule has 0 fully saturated rings. The largest absolute Gasteiger partial charge is 0.332 e. The number of benzene rings is 1. The second kappa shape index (κ2) is 5.57. The van der Waals surface area contributed by atoms with E-state index in [0.29, 0.717) is 23.5 Å². The van der Waals surface area contributed by atoms with Gasteiger partial charge in [0.05, 0.1) is 12.5 Å². The highest BCUT2D eigenvalue weighted by Gasteiger charge is 2.18. The Morgan fingerprint density at radius 2 is 1.83 bits per heavy atom. The number of imidazole rings is 1. The zero-order chi connectivity index (χ0) is 16.6. The van der Waals surface area contributed by atoms with Gasteiger partial charge in [0.2, 0.25) is 0 Å². The van der Waals surface area contributed by atoms with Crippen LogP contribution in [-0.2, 0) is 27.1 Å². The quantitative estimate of drug-likeness (QED) is 0.707. The molecule has 0 bridgehead atoms. The minimum atomic E-state index is -0.435. The van der Waals surface area contributed by atoms with Crippen LogP contribution in [0.25, 0.3) is 11.2 Å². The zero-order valence-electron chi connectivity index (χ0n) is 12.9. The van der Waals surface area contributed by atoms with Crippen LogP contribution >= 0.6 is 0 Å². The van der Waals surface area contributed by atoms with Gasteiger partial charge in [-0.15, -0.1) is 0 Å². The normalized spacial score (nSPS) is 10.8. The number of aromatic nitrogens is 4. The molecule has 7 nitrogen and oxygen atoms in total. The van der Waals surface area contributed by atoms with Crippen molar-refractivity contribution in [2.45, 2.75) is 13.0 Å². The number of hydrogen-bond donors (Lipinski definition) is 0. The highest BCUT2D eigenvalue weighted by Crippen LogP contribution is 2.14. The lowest BCUT2D eigenvalue weighted by Gasteiger charge is -2.08. The van der Waals surface area contributed by atoms with Crippen molar-refractivity contribution in [2.24, 2.45) is 14.1 Å². The number of rotatable bonds is 3. The summed E-state index contributed by atoms with van der Waals surface area (Å²) in [5, 5.41) is 9.03. The Morgan fingerprint density at radius 3 is 2.48 bits per heavy atom. The van der Waals surface area contributed by atoms with Gasteiger partial charge in [-0.1, -0.05) is 30.3 Å². The third-order valence-electron chi connectivity index (χ3n) is 3.85. The molecule has 0 saturated carbocycles. The van der Waals surface area contributed by atoms with Crippen LogP contribution in [0.15, 0.2) is 39.9 Å². The van der Waals surface area contributed by atoms with Gasteiger partial charge in [0.1, 0.15) is 5.82 Å². The van der Waals surface area contributed by atoms with E-state index >= 15 is 0 Å². The van der Waals surface area contributed by atoms with Gasteiger partial charge in [0.15, 0.2) is 11.2 Å². The summed E-state index contributed by atoms with van der Waals surface area (Å²) in [7, 11) is 3.01. The van der Waals surface area contributed by atoms with Gasteiger partial charge in [-0.3, -0.25) is 13.9 Å². The molecule has 0 amide bonds. The average Bonchev–Trinajstić information content (AvgIpc) is 2.91. The molecule has 23 heavy (non-hydrogen) atoms. The van der Waals surface area contributed by atoms with Gasteiger partial charge in [-0.05, 0) is 5.56 Å². The van der Waals surface area contributed by atoms with Gasteiger partial charge in [0, 0.05) is 20.6 Å². The predicted octanol–water partition coefficient (Wildman–Crippen LogP) is 0.548. The molecule has 0 aliphatic heterocycles. The highest BCUT2D eigenvalue weighted by atomic mass is 16.2. The monoisotopic (exact) mass is 309 g/mol. The van der Waals surface area contributed by atoms with Gasteiger partial charge < -0.3 is 4.57 Å². The van der Waals surface area contributed by atoms with Crippen LogP contribution in [0.3, 0.4) is 0 Å². The van der Waals surface area contributed by atoms with Crippen LogP contribution in [0.2, 0.25) is 0 Å². The van der Waals surface area contributed by atoms with Crippen LogP contribution in [0.1, 0.15) is 11.4 Å². The van der Waals surface area contributed by atoms with Crippen molar-refractivity contribution in [3.63, 3.8) is 0 Å². The minimum absolute atomic E-state index is 0.0683. The van der Waals surface area contributed by atoms with E-state index in [4.69, 9.17) is 5.26 Å². The van der Waals surface area contributed by atoms with Crippen LogP contribution < -0.4 is 11.2 Å². The third-order valence-corrected chi connectivity index (χ3v) is 3.85. The van der Waals surface area contributed by atoms with E-state index in [-0.39, 0.29) is 6.42 Å². The van der Waals surface area contributed by atoms with E-state index < -0.39 is 11.2 Å². The molecule has 3 rings (SSSR count). The molecule has 0 N–H and O–H groups in total. The Balaban J connectivity index is 2.34. The van der Waals surface area contributed by atoms with Gasteiger partial charge in [0.25, 0.3) is 5.56 Å². The summed E-state index contributed by atoms with van der Waals surface area (Å²) in [4.78, 5) is 28.9. The maximum Gasteiger partial charge on any atom is 0.332 e. The average molecular weight is 309 g/mol. The zero-order valence-corrected chi connectivity index (χ0v) is 12.9. The molecule has 2 heterocycles. The number of hydrogen-bond acceptors (Lipinski definition) is 4. The number of aryl methyl sites for hydroxylation is 1. The Kier molecular flexibility index (Phi) is 3.58. The highest BCUT2D eigenvalue weighted by molar-refractivity contribution is 5.71. The molecule has 0 aliphatic rings. The fourth-order valence-electron chi connectivity index (χ4n) is 2.63. The lowest BCUT2D eigenvalue weighted by Crippen LogP contribution is -2.37. The molecular weight excluding hydrogens is 294 g/mol. The van der Waals surface area contributed by atoms with Crippen LogP contribution in [0.5, 0.6) is 0 Å². The van der Waals surface area contributed by atoms with Crippen molar-refractivity contribution in [2.75, 3.05) is 0 Å². The first-order valence-corrected chi connectivity index (χ1v) is 7.10. The molecular formula is C16H15N5O2. The molecule has 7 heteroatoms. The summed E-state index contributed by atoms with van der Waals surface area (Å²) >= 11 is 0. The van der Waals surface area contributed by atoms with Gasteiger partial charge in [-0.25, -0.2) is 9.78 Å². The van der Waals surface area contributed by atoms with E-state index in [1.807, 2.05) is 30.3 Å². The molecule has 1 aromatic carbocycles. The molecule has 0 spiro atoms. The number of nitrogens with zero attached hydrogens (tertiary/aromatic N) is 5. The molecule has 0 radical (unpaired) electrons. The fraction of sp³-hybridized carbons (Fsp3) is 0.250. The fourth-order valence-corrected chi connectivity index (χ4v) is 2.63. The molecule has 3 aromatic rings. The van der Waals surface area contributed by atoms with Crippen molar-refractivity contribution in [1.29, 1.82) is 5.26 Å². The minimum Gasteiger partial charge on any atom is -0.317 e. The Morgan fingerprint density at radius 1 is 1.13 bits per heavy atom. The number of fused-ring (bicyclic) bond motifs is 1. The summed E-state index contributed by atoms with van der Waals surface area (Å²) in [5.41, 5.74) is 0.788. The van der Waals surface area contributed by atoms with Crippen molar-refractivity contribution in [3.05, 3.63) is 62.6 Å². The summed E-state index contributed by atoms with van der Waals surface area (Å²) < 4.78 is 4.11. The first-order valence-electron chi connectivity index (χ1n) is 7.10. The summed E-state index contributed by atoms with van der Waals surface area (Å²) in [6.07, 6.45) is 0.0683. The molecule has 116 valence electrons. The second-order valence-electron chi connectivity index (χ2n) is 5.31. The van der Waals surface area contributed by atoms with E-state index in [1.54, 1.807) is 11.6 Å². The van der Waals surface area contributed by atoms with Crippen molar-refractivity contribution >= 4 is 11.2 Å². The topological polar surface area (TPSA) is 85.6 Å². The van der Waals surface area contributed by atoms with E-state index in [9.17, 15) is 9.59 Å². The van der Waals surface area contributed by atoms with Crippen LogP contribution in [-0.4, -0.2) is 18.7 Å². The van der Waals surface area contributed by atoms with E-state index in [0.717, 1.165) is 10.1 Å². The van der Waals surface area contributed by atoms with Crippen molar-refractivity contribution < 1.29 is 0 Å². The van der Waals surface area contributed by atoms with E-state index in [2.05, 4.69) is 11.1 Å². The second-order valence-corrected chi connectivity index (χ2v) is 5.31. The van der Waals surface area contributed by atoms with Crippen molar-refractivity contribution in [3.8, 4) is 6.07 Å².